The number of aromatic nitrogens is 3. The summed E-state index contributed by atoms with van der Waals surface area (Å²) in [5.41, 5.74) is 5.31. The molecule has 1 aromatic heterocycles. The average Bonchev–Trinajstić information content (AvgIpc) is 3.35. The van der Waals surface area contributed by atoms with Gasteiger partial charge >= 0.3 is 0 Å². The molecule has 9 heteroatoms. The number of carbonyl (C=O) groups is 2. The molecule has 1 atom stereocenters. The van der Waals surface area contributed by atoms with E-state index in [-0.39, 0.29) is 18.4 Å². The normalized spacial score (nSPS) is 14.3. The standard InChI is InChI=1S/C29H32N6O3/c1-21-7-3-4-8-23(21)19-34(28(36)20-35-27-10-6-5-9-26(27)31-32-35)22(2)29(37)30-24-11-13-25(14-12-24)33-15-17-38-18-16-33/h3-14,22H,15-20H2,1-2H3,(H,30,37). The number of anilines is 2. The SMILES string of the molecule is Cc1ccccc1CN(C(=O)Cn1nnc2ccccc21)C(C)C(=O)Nc1ccc(N2CCOCC2)cc1. The number of rotatable bonds is 8. The number of ether oxygens (including phenoxy) is 1. The number of hydrogen-bond donors (Lipinski definition) is 1. The largest absolute Gasteiger partial charge is 0.378 e. The zero-order valence-electron chi connectivity index (χ0n) is 21.7. The number of nitrogens with one attached hydrogen (secondary N) is 1. The Kier molecular flexibility index (Phi) is 7.65. The second-order valence-electron chi connectivity index (χ2n) is 9.50. The molecule has 5 rings (SSSR count). The van der Waals surface area contributed by atoms with Gasteiger partial charge in [-0.05, 0) is 61.4 Å². The third-order valence-electron chi connectivity index (χ3n) is 6.99. The minimum Gasteiger partial charge on any atom is -0.378 e. The molecule has 0 spiro atoms. The summed E-state index contributed by atoms with van der Waals surface area (Å²) in [6, 6.07) is 22.5. The monoisotopic (exact) mass is 512 g/mol. The van der Waals surface area contributed by atoms with Gasteiger partial charge in [-0.3, -0.25) is 9.59 Å². The van der Waals surface area contributed by atoms with Crippen LogP contribution in [0, 0.1) is 6.92 Å². The first kappa shape index (κ1) is 25.4. The summed E-state index contributed by atoms with van der Waals surface area (Å²) in [5, 5.41) is 11.3. The number of carbonyl (C=O) groups excluding carboxylic acids is 2. The van der Waals surface area contributed by atoms with Crippen LogP contribution in [-0.4, -0.2) is 64.1 Å². The molecule has 0 saturated carbocycles. The Hall–Kier alpha value is -4.24. The average molecular weight is 513 g/mol. The Morgan fingerprint density at radius 1 is 1.00 bits per heavy atom. The van der Waals surface area contributed by atoms with Crippen molar-refractivity contribution in [3.05, 3.63) is 83.9 Å². The summed E-state index contributed by atoms with van der Waals surface area (Å²) >= 11 is 0. The Morgan fingerprint density at radius 2 is 1.71 bits per heavy atom. The van der Waals surface area contributed by atoms with Gasteiger partial charge in [0.2, 0.25) is 11.8 Å². The summed E-state index contributed by atoms with van der Waals surface area (Å²) in [4.78, 5) is 30.9. The topological polar surface area (TPSA) is 92.6 Å². The molecule has 2 heterocycles. The third-order valence-corrected chi connectivity index (χ3v) is 6.99. The first-order valence-electron chi connectivity index (χ1n) is 12.9. The number of fused-ring (bicyclic) bond motifs is 1. The maximum Gasteiger partial charge on any atom is 0.246 e. The van der Waals surface area contributed by atoms with Crippen molar-refractivity contribution >= 4 is 34.2 Å². The molecule has 0 aliphatic carbocycles. The molecule has 2 amide bonds. The Bertz CT molecular complexity index is 1410. The van der Waals surface area contributed by atoms with Crippen molar-refractivity contribution in [3.63, 3.8) is 0 Å². The maximum atomic E-state index is 13.6. The van der Waals surface area contributed by atoms with E-state index < -0.39 is 6.04 Å². The number of benzene rings is 3. The zero-order chi connectivity index (χ0) is 26.5. The molecule has 0 radical (unpaired) electrons. The van der Waals surface area contributed by atoms with Crippen molar-refractivity contribution < 1.29 is 14.3 Å². The van der Waals surface area contributed by atoms with E-state index in [9.17, 15) is 9.59 Å². The van der Waals surface area contributed by atoms with E-state index >= 15 is 0 Å². The van der Waals surface area contributed by atoms with E-state index in [0.717, 1.165) is 40.9 Å². The summed E-state index contributed by atoms with van der Waals surface area (Å²) in [7, 11) is 0. The second kappa shape index (κ2) is 11.4. The molecule has 38 heavy (non-hydrogen) atoms. The highest BCUT2D eigenvalue weighted by molar-refractivity contribution is 5.97. The van der Waals surface area contributed by atoms with Crippen molar-refractivity contribution in [2.45, 2.75) is 33.0 Å². The van der Waals surface area contributed by atoms with Crippen LogP contribution in [0.15, 0.2) is 72.8 Å². The molecule has 1 unspecified atom stereocenters. The molecule has 3 aromatic carbocycles. The highest BCUT2D eigenvalue weighted by Crippen LogP contribution is 2.21. The van der Waals surface area contributed by atoms with Crippen LogP contribution < -0.4 is 10.2 Å². The summed E-state index contributed by atoms with van der Waals surface area (Å²) in [5.74, 6) is -0.469. The van der Waals surface area contributed by atoms with E-state index in [1.165, 1.54) is 0 Å². The van der Waals surface area contributed by atoms with Gasteiger partial charge in [0.15, 0.2) is 0 Å². The number of amides is 2. The molecule has 4 aromatic rings. The second-order valence-corrected chi connectivity index (χ2v) is 9.50. The number of morpholine rings is 1. The molecular weight excluding hydrogens is 480 g/mol. The fourth-order valence-electron chi connectivity index (χ4n) is 4.63. The summed E-state index contributed by atoms with van der Waals surface area (Å²) < 4.78 is 7.01. The Labute approximate surface area is 222 Å². The fourth-order valence-corrected chi connectivity index (χ4v) is 4.63. The van der Waals surface area contributed by atoms with Gasteiger partial charge in [-0.15, -0.1) is 5.10 Å². The maximum absolute atomic E-state index is 13.6. The van der Waals surface area contributed by atoms with Gasteiger partial charge in [0, 0.05) is 31.0 Å². The van der Waals surface area contributed by atoms with E-state index in [0.29, 0.717) is 25.4 Å². The molecule has 9 nitrogen and oxygen atoms in total. The smallest absolute Gasteiger partial charge is 0.246 e. The van der Waals surface area contributed by atoms with Crippen LogP contribution in [0.1, 0.15) is 18.1 Å². The van der Waals surface area contributed by atoms with Gasteiger partial charge in [-0.25, -0.2) is 4.68 Å². The zero-order valence-corrected chi connectivity index (χ0v) is 21.7. The van der Waals surface area contributed by atoms with Crippen molar-refractivity contribution in [1.82, 2.24) is 19.9 Å². The van der Waals surface area contributed by atoms with Crippen LogP contribution in [0.4, 0.5) is 11.4 Å². The minimum absolute atomic E-state index is 0.0156. The number of hydrogen-bond acceptors (Lipinski definition) is 6. The quantitative estimate of drug-likeness (QED) is 0.388. The molecule has 1 N–H and O–H groups in total. The van der Waals surface area contributed by atoms with E-state index in [2.05, 4.69) is 20.5 Å². The van der Waals surface area contributed by atoms with Gasteiger partial charge < -0.3 is 19.9 Å². The van der Waals surface area contributed by atoms with Crippen LogP contribution in [0.3, 0.4) is 0 Å². The van der Waals surface area contributed by atoms with Crippen molar-refractivity contribution in [3.8, 4) is 0 Å². The van der Waals surface area contributed by atoms with Crippen molar-refractivity contribution in [2.75, 3.05) is 36.5 Å². The van der Waals surface area contributed by atoms with Gasteiger partial charge in [-0.2, -0.15) is 0 Å². The van der Waals surface area contributed by atoms with Crippen molar-refractivity contribution in [2.24, 2.45) is 0 Å². The Morgan fingerprint density at radius 3 is 2.47 bits per heavy atom. The molecule has 1 fully saturated rings. The molecule has 0 bridgehead atoms. The number of aryl methyl sites for hydroxylation is 1. The van der Waals surface area contributed by atoms with E-state index in [1.54, 1.807) is 16.5 Å². The summed E-state index contributed by atoms with van der Waals surface area (Å²) in [6.07, 6.45) is 0. The lowest BCUT2D eigenvalue weighted by molar-refractivity contribution is -0.139. The molecule has 1 saturated heterocycles. The first-order valence-corrected chi connectivity index (χ1v) is 12.9. The lowest BCUT2D eigenvalue weighted by Gasteiger charge is -2.30. The lowest BCUT2D eigenvalue weighted by Crippen LogP contribution is -2.46. The Balaban J connectivity index is 1.33. The van der Waals surface area contributed by atoms with Gasteiger partial charge in [0.1, 0.15) is 18.1 Å². The molecular formula is C29H32N6O3. The van der Waals surface area contributed by atoms with Crippen LogP contribution in [0.5, 0.6) is 0 Å². The summed E-state index contributed by atoms with van der Waals surface area (Å²) in [6.45, 7) is 7.17. The van der Waals surface area contributed by atoms with Gasteiger partial charge in [-0.1, -0.05) is 41.6 Å². The third kappa shape index (κ3) is 5.68. The lowest BCUT2D eigenvalue weighted by atomic mass is 10.1. The molecule has 196 valence electrons. The number of nitrogens with zero attached hydrogens (tertiary/aromatic N) is 5. The van der Waals surface area contributed by atoms with Crippen molar-refractivity contribution in [1.29, 1.82) is 0 Å². The molecule has 1 aliphatic heterocycles. The first-order chi connectivity index (χ1) is 18.5. The minimum atomic E-state index is -0.712. The highest BCUT2D eigenvalue weighted by Gasteiger charge is 2.27. The van der Waals surface area contributed by atoms with E-state index in [1.807, 2.05) is 79.7 Å². The van der Waals surface area contributed by atoms with Crippen LogP contribution in [0.25, 0.3) is 11.0 Å². The predicted octanol–water partition coefficient (Wildman–Crippen LogP) is 3.63. The van der Waals surface area contributed by atoms with Gasteiger partial charge in [0.25, 0.3) is 0 Å². The molecule has 1 aliphatic rings. The fraction of sp³-hybridized carbons (Fsp3) is 0.310. The van der Waals surface area contributed by atoms with E-state index in [4.69, 9.17) is 4.74 Å². The predicted molar refractivity (Wildman–Crippen MR) is 147 cm³/mol. The number of para-hydroxylation sites is 1. The van der Waals surface area contributed by atoms with Gasteiger partial charge in [0.05, 0.1) is 18.7 Å². The van der Waals surface area contributed by atoms with Crippen LogP contribution >= 0.6 is 0 Å². The van der Waals surface area contributed by atoms with Crippen LogP contribution in [0.2, 0.25) is 0 Å². The van der Waals surface area contributed by atoms with Crippen LogP contribution in [-0.2, 0) is 27.4 Å². The highest BCUT2D eigenvalue weighted by atomic mass is 16.5.